The molecule has 0 spiro atoms. The molecule has 0 bridgehead atoms. The van der Waals surface area contributed by atoms with Crippen LogP contribution in [-0.4, -0.2) is 19.1 Å². The van der Waals surface area contributed by atoms with Crippen LogP contribution in [-0.2, 0) is 6.54 Å². The zero-order chi connectivity index (χ0) is 15.2. The van der Waals surface area contributed by atoms with Crippen LogP contribution in [0, 0.1) is 6.92 Å². The fourth-order valence-corrected chi connectivity index (χ4v) is 2.59. The molecule has 2 aromatic rings. The third-order valence-corrected chi connectivity index (χ3v) is 3.84. The van der Waals surface area contributed by atoms with Crippen LogP contribution in [0.1, 0.15) is 36.3 Å². The third-order valence-electron chi connectivity index (χ3n) is 3.84. The first-order valence-corrected chi connectivity index (χ1v) is 7.55. The molecule has 1 aromatic carbocycles. The summed E-state index contributed by atoms with van der Waals surface area (Å²) in [7, 11) is 4.12. The number of hydrogen-bond donors (Lipinski definition) is 1. The van der Waals surface area contributed by atoms with Gasteiger partial charge in [0, 0.05) is 24.5 Å². The van der Waals surface area contributed by atoms with E-state index in [9.17, 15) is 0 Å². The van der Waals surface area contributed by atoms with Gasteiger partial charge in [-0.15, -0.1) is 0 Å². The molecule has 3 heteroatoms. The lowest BCUT2D eigenvalue weighted by atomic mass is 10.0. The Kier molecular flexibility index (Phi) is 5.34. The molecule has 0 amide bonds. The first kappa shape index (κ1) is 15.5. The number of nitrogens with one attached hydrogen (secondary N) is 1. The standard InChI is InChI=1S/C18H25N3/c1-5-18(19-3)15-9-11-17(12-10-15)21(4)13-16-8-6-7-14(2)20-16/h6-12,18-19H,5,13H2,1-4H3. The molecule has 0 aliphatic heterocycles. The van der Waals surface area contributed by atoms with Crippen molar-refractivity contribution in [2.75, 3.05) is 19.0 Å². The quantitative estimate of drug-likeness (QED) is 0.876. The van der Waals surface area contributed by atoms with Gasteiger partial charge in [-0.25, -0.2) is 0 Å². The molecule has 0 saturated heterocycles. The highest BCUT2D eigenvalue weighted by Gasteiger charge is 2.08. The summed E-state index contributed by atoms with van der Waals surface area (Å²) in [5.74, 6) is 0. The Hall–Kier alpha value is -1.87. The van der Waals surface area contributed by atoms with E-state index in [1.54, 1.807) is 0 Å². The molecule has 0 aliphatic rings. The number of nitrogens with zero attached hydrogens (tertiary/aromatic N) is 2. The van der Waals surface area contributed by atoms with E-state index in [-0.39, 0.29) is 0 Å². The number of rotatable bonds is 6. The van der Waals surface area contributed by atoms with Crippen LogP contribution in [0.25, 0.3) is 0 Å². The lowest BCUT2D eigenvalue weighted by molar-refractivity contribution is 0.577. The van der Waals surface area contributed by atoms with Gasteiger partial charge >= 0.3 is 0 Å². The maximum atomic E-state index is 4.56. The Bertz CT molecular complexity index is 559. The SMILES string of the molecule is CCC(NC)c1ccc(N(C)Cc2cccc(C)n2)cc1. The summed E-state index contributed by atoms with van der Waals surface area (Å²) < 4.78 is 0. The van der Waals surface area contributed by atoms with Crippen LogP contribution in [0.5, 0.6) is 0 Å². The minimum Gasteiger partial charge on any atom is -0.369 e. The third kappa shape index (κ3) is 4.05. The van der Waals surface area contributed by atoms with E-state index < -0.39 is 0 Å². The first-order valence-electron chi connectivity index (χ1n) is 7.55. The van der Waals surface area contributed by atoms with Gasteiger partial charge in [-0.3, -0.25) is 4.98 Å². The highest BCUT2D eigenvalue weighted by Crippen LogP contribution is 2.21. The highest BCUT2D eigenvalue weighted by atomic mass is 15.1. The Balaban J connectivity index is 2.07. The van der Waals surface area contributed by atoms with Gasteiger partial charge in [-0.2, -0.15) is 0 Å². The van der Waals surface area contributed by atoms with E-state index in [4.69, 9.17) is 0 Å². The van der Waals surface area contributed by atoms with Crippen LogP contribution in [0.15, 0.2) is 42.5 Å². The second kappa shape index (κ2) is 7.23. The van der Waals surface area contributed by atoms with Crippen LogP contribution >= 0.6 is 0 Å². The minimum atomic E-state index is 0.433. The van der Waals surface area contributed by atoms with Gasteiger partial charge in [0.1, 0.15) is 0 Å². The molecular formula is C18H25N3. The molecule has 21 heavy (non-hydrogen) atoms. The van der Waals surface area contributed by atoms with Crippen molar-refractivity contribution in [3.05, 3.63) is 59.4 Å². The van der Waals surface area contributed by atoms with E-state index in [1.807, 2.05) is 20.0 Å². The molecule has 112 valence electrons. The van der Waals surface area contributed by atoms with Gasteiger partial charge in [0.05, 0.1) is 12.2 Å². The first-order chi connectivity index (χ1) is 10.1. The van der Waals surface area contributed by atoms with Crippen LogP contribution < -0.4 is 10.2 Å². The Morgan fingerprint density at radius 2 is 1.86 bits per heavy atom. The monoisotopic (exact) mass is 283 g/mol. The molecule has 0 saturated carbocycles. The van der Waals surface area contributed by atoms with E-state index in [1.165, 1.54) is 11.3 Å². The Labute approximate surface area is 128 Å². The second-order valence-electron chi connectivity index (χ2n) is 5.47. The summed E-state index contributed by atoms with van der Waals surface area (Å²) in [4.78, 5) is 6.79. The summed E-state index contributed by atoms with van der Waals surface area (Å²) in [6.45, 7) is 5.05. The van der Waals surface area contributed by atoms with Crippen molar-refractivity contribution in [2.45, 2.75) is 32.9 Å². The normalized spacial score (nSPS) is 12.2. The molecule has 0 aliphatic carbocycles. The van der Waals surface area contributed by atoms with Gasteiger partial charge < -0.3 is 10.2 Å². The largest absolute Gasteiger partial charge is 0.369 e. The predicted octanol–water partition coefficient (Wildman–Crippen LogP) is 3.70. The molecule has 1 unspecified atom stereocenters. The number of anilines is 1. The fourth-order valence-electron chi connectivity index (χ4n) is 2.59. The average Bonchev–Trinajstić information content (AvgIpc) is 2.49. The average molecular weight is 283 g/mol. The highest BCUT2D eigenvalue weighted by molar-refractivity contribution is 5.47. The van der Waals surface area contributed by atoms with Crippen molar-refractivity contribution in [1.82, 2.24) is 10.3 Å². The number of aromatic nitrogens is 1. The number of hydrogen-bond acceptors (Lipinski definition) is 3. The minimum absolute atomic E-state index is 0.433. The Morgan fingerprint density at radius 1 is 1.14 bits per heavy atom. The second-order valence-corrected chi connectivity index (χ2v) is 5.47. The molecular weight excluding hydrogens is 258 g/mol. The van der Waals surface area contributed by atoms with Gasteiger partial charge in [0.15, 0.2) is 0 Å². The molecule has 1 heterocycles. The van der Waals surface area contributed by atoms with E-state index in [2.05, 4.69) is 65.6 Å². The lowest BCUT2D eigenvalue weighted by Crippen LogP contribution is -2.18. The van der Waals surface area contributed by atoms with Gasteiger partial charge in [0.2, 0.25) is 0 Å². The van der Waals surface area contributed by atoms with Gasteiger partial charge in [-0.05, 0) is 50.2 Å². The van der Waals surface area contributed by atoms with Crippen molar-refractivity contribution < 1.29 is 0 Å². The van der Waals surface area contributed by atoms with Crippen molar-refractivity contribution >= 4 is 5.69 Å². The summed E-state index contributed by atoms with van der Waals surface area (Å²) in [5, 5.41) is 3.34. The van der Waals surface area contributed by atoms with Gasteiger partial charge in [0.25, 0.3) is 0 Å². The molecule has 1 atom stereocenters. The van der Waals surface area contributed by atoms with Crippen LogP contribution in [0.3, 0.4) is 0 Å². The molecule has 1 aromatic heterocycles. The molecule has 0 radical (unpaired) electrons. The number of aryl methyl sites for hydroxylation is 1. The fraction of sp³-hybridized carbons (Fsp3) is 0.389. The molecule has 1 N–H and O–H groups in total. The van der Waals surface area contributed by atoms with E-state index in [0.29, 0.717) is 6.04 Å². The summed E-state index contributed by atoms with van der Waals surface area (Å²) >= 11 is 0. The van der Waals surface area contributed by atoms with Crippen molar-refractivity contribution in [3.63, 3.8) is 0 Å². The smallest absolute Gasteiger partial charge is 0.0600 e. The summed E-state index contributed by atoms with van der Waals surface area (Å²) in [5.41, 5.74) is 4.72. The van der Waals surface area contributed by atoms with Gasteiger partial charge in [-0.1, -0.05) is 25.1 Å². The molecule has 2 rings (SSSR count). The zero-order valence-electron chi connectivity index (χ0n) is 13.4. The molecule has 3 nitrogen and oxygen atoms in total. The van der Waals surface area contributed by atoms with Crippen molar-refractivity contribution in [3.8, 4) is 0 Å². The number of pyridine rings is 1. The predicted molar refractivity (Wildman–Crippen MR) is 89.6 cm³/mol. The lowest BCUT2D eigenvalue weighted by Gasteiger charge is -2.21. The van der Waals surface area contributed by atoms with Crippen molar-refractivity contribution in [1.29, 1.82) is 0 Å². The summed E-state index contributed by atoms with van der Waals surface area (Å²) in [6, 6.07) is 15.4. The number of benzene rings is 1. The van der Waals surface area contributed by atoms with Crippen molar-refractivity contribution in [2.24, 2.45) is 0 Å². The molecule has 0 fully saturated rings. The maximum absolute atomic E-state index is 4.56. The summed E-state index contributed by atoms with van der Waals surface area (Å²) in [6.07, 6.45) is 1.10. The van der Waals surface area contributed by atoms with E-state index >= 15 is 0 Å². The van der Waals surface area contributed by atoms with Crippen LogP contribution in [0.2, 0.25) is 0 Å². The topological polar surface area (TPSA) is 28.2 Å². The van der Waals surface area contributed by atoms with E-state index in [0.717, 1.165) is 24.4 Å². The zero-order valence-corrected chi connectivity index (χ0v) is 13.4. The van der Waals surface area contributed by atoms with Crippen LogP contribution in [0.4, 0.5) is 5.69 Å². The Morgan fingerprint density at radius 3 is 2.43 bits per heavy atom. The maximum Gasteiger partial charge on any atom is 0.0600 e.